The van der Waals surface area contributed by atoms with E-state index in [-0.39, 0.29) is 24.3 Å². The zero-order valence-corrected chi connectivity index (χ0v) is 29.1. The molecule has 1 heterocycles. The van der Waals surface area contributed by atoms with Crippen molar-refractivity contribution >= 4 is 29.1 Å². The van der Waals surface area contributed by atoms with E-state index in [9.17, 15) is 14.4 Å². The number of nitrogens with one attached hydrogen (secondary N) is 1. The number of nitrogens with zero attached hydrogens (tertiary/aromatic N) is 3. The molecule has 1 aliphatic heterocycles. The molecule has 0 spiro atoms. The Morgan fingerprint density at radius 3 is 2.32 bits per heavy atom. The Labute approximate surface area is 293 Å². The Hall–Kier alpha value is -5.39. The third-order valence-corrected chi connectivity index (χ3v) is 8.64. The van der Waals surface area contributed by atoms with Crippen molar-refractivity contribution in [3.8, 4) is 17.2 Å². The molecule has 1 saturated heterocycles. The number of carbonyl (C=O) groups excluding carboxylic acids is 3. The van der Waals surface area contributed by atoms with Gasteiger partial charge in [0.15, 0.2) is 0 Å². The molecule has 0 saturated carbocycles. The summed E-state index contributed by atoms with van der Waals surface area (Å²) < 4.78 is 17.4. The fourth-order valence-electron chi connectivity index (χ4n) is 5.60. The van der Waals surface area contributed by atoms with Gasteiger partial charge in [-0.15, -0.1) is 0 Å². The van der Waals surface area contributed by atoms with Crippen molar-refractivity contribution in [2.75, 3.05) is 70.8 Å². The third-order valence-electron chi connectivity index (χ3n) is 8.64. The SMILES string of the molecule is COc1cc(C(=O)N(C)c2ccc(OCc3ccc(C)cc3C(=O)N3CCN(C)CC3)cc2)ccc1NC(=O)c1ccccc1OCCCN. The predicted octanol–water partition coefficient (Wildman–Crippen LogP) is 5.23. The second-order valence-electron chi connectivity index (χ2n) is 12.3. The second-order valence-corrected chi connectivity index (χ2v) is 12.3. The van der Waals surface area contributed by atoms with Crippen LogP contribution in [0.5, 0.6) is 17.2 Å². The van der Waals surface area contributed by atoms with E-state index in [1.807, 2.05) is 30.0 Å². The van der Waals surface area contributed by atoms with Gasteiger partial charge < -0.3 is 40.0 Å². The molecule has 4 aromatic rings. The van der Waals surface area contributed by atoms with Gasteiger partial charge in [-0.1, -0.05) is 29.8 Å². The van der Waals surface area contributed by atoms with Crippen LogP contribution in [0.3, 0.4) is 0 Å². The summed E-state index contributed by atoms with van der Waals surface area (Å²) in [7, 11) is 5.23. The number of likely N-dealkylation sites (N-methyl/N-ethyl adjacent to an activating group) is 1. The van der Waals surface area contributed by atoms with Crippen molar-refractivity contribution in [3.63, 3.8) is 0 Å². The van der Waals surface area contributed by atoms with E-state index in [1.165, 1.54) is 12.0 Å². The molecule has 11 nitrogen and oxygen atoms in total. The van der Waals surface area contributed by atoms with Gasteiger partial charge >= 0.3 is 0 Å². The number of amides is 3. The first-order valence-corrected chi connectivity index (χ1v) is 16.7. The van der Waals surface area contributed by atoms with Crippen LogP contribution in [0, 0.1) is 6.92 Å². The number of hydrogen-bond donors (Lipinski definition) is 2. The lowest BCUT2D eigenvalue weighted by Crippen LogP contribution is -2.47. The average molecular weight is 680 g/mol. The highest BCUT2D eigenvalue weighted by atomic mass is 16.5. The number of rotatable bonds is 13. The molecule has 50 heavy (non-hydrogen) atoms. The van der Waals surface area contributed by atoms with Gasteiger partial charge in [-0.05, 0) is 87.6 Å². The highest BCUT2D eigenvalue weighted by Crippen LogP contribution is 2.29. The molecule has 4 aromatic carbocycles. The largest absolute Gasteiger partial charge is 0.495 e. The Bertz CT molecular complexity index is 1800. The molecule has 262 valence electrons. The number of nitrogens with two attached hydrogens (primary N) is 1. The van der Waals surface area contributed by atoms with E-state index in [4.69, 9.17) is 19.9 Å². The van der Waals surface area contributed by atoms with Crippen molar-refractivity contribution in [2.24, 2.45) is 5.73 Å². The molecule has 1 fully saturated rings. The summed E-state index contributed by atoms with van der Waals surface area (Å²) in [6, 6.07) is 24.9. The Balaban J connectivity index is 1.22. The molecular formula is C39H45N5O6. The number of carbonyl (C=O) groups is 3. The van der Waals surface area contributed by atoms with E-state index in [0.29, 0.717) is 78.0 Å². The Morgan fingerprint density at radius 1 is 0.860 bits per heavy atom. The maximum atomic E-state index is 13.5. The van der Waals surface area contributed by atoms with E-state index >= 15 is 0 Å². The number of hydrogen-bond acceptors (Lipinski definition) is 8. The van der Waals surface area contributed by atoms with Crippen LogP contribution in [0.25, 0.3) is 0 Å². The second kappa shape index (κ2) is 16.8. The number of para-hydroxylation sites is 1. The van der Waals surface area contributed by atoms with Crippen molar-refractivity contribution < 1.29 is 28.6 Å². The van der Waals surface area contributed by atoms with Crippen molar-refractivity contribution in [2.45, 2.75) is 20.0 Å². The number of aryl methyl sites for hydroxylation is 1. The Kier molecular flexibility index (Phi) is 12.1. The third kappa shape index (κ3) is 8.79. The van der Waals surface area contributed by atoms with Gasteiger partial charge in [0.25, 0.3) is 17.7 Å². The molecule has 0 atom stereocenters. The fourth-order valence-corrected chi connectivity index (χ4v) is 5.60. The summed E-state index contributed by atoms with van der Waals surface area (Å²) in [5, 5.41) is 2.87. The number of benzene rings is 4. The van der Waals surface area contributed by atoms with Crippen LogP contribution in [0.4, 0.5) is 11.4 Å². The van der Waals surface area contributed by atoms with E-state index in [2.05, 4.69) is 17.3 Å². The van der Waals surface area contributed by atoms with Crippen LogP contribution in [0.2, 0.25) is 0 Å². The van der Waals surface area contributed by atoms with E-state index < -0.39 is 0 Å². The number of ether oxygens (including phenoxy) is 3. The topological polar surface area (TPSA) is 127 Å². The van der Waals surface area contributed by atoms with Gasteiger partial charge in [0.05, 0.1) is 25.0 Å². The molecule has 0 aliphatic carbocycles. The van der Waals surface area contributed by atoms with Crippen LogP contribution < -0.4 is 30.2 Å². The van der Waals surface area contributed by atoms with Crippen molar-refractivity contribution in [1.29, 1.82) is 0 Å². The summed E-state index contributed by atoms with van der Waals surface area (Å²) in [6.45, 7) is 6.21. The van der Waals surface area contributed by atoms with Crippen LogP contribution in [0.15, 0.2) is 84.9 Å². The molecule has 1 aliphatic rings. The van der Waals surface area contributed by atoms with Gasteiger partial charge in [-0.3, -0.25) is 14.4 Å². The van der Waals surface area contributed by atoms with Gasteiger partial charge in [0, 0.05) is 55.6 Å². The van der Waals surface area contributed by atoms with Gasteiger partial charge in [0.2, 0.25) is 0 Å². The highest BCUT2D eigenvalue weighted by Gasteiger charge is 2.23. The Morgan fingerprint density at radius 2 is 1.60 bits per heavy atom. The summed E-state index contributed by atoms with van der Waals surface area (Å²) in [4.78, 5) is 45.7. The lowest BCUT2D eigenvalue weighted by molar-refractivity contribution is 0.0661. The first kappa shape index (κ1) is 35.9. The lowest BCUT2D eigenvalue weighted by atomic mass is 10.0. The molecule has 0 bridgehead atoms. The summed E-state index contributed by atoms with van der Waals surface area (Å²) in [6.07, 6.45) is 0.668. The molecule has 5 rings (SSSR count). The first-order valence-electron chi connectivity index (χ1n) is 16.7. The maximum Gasteiger partial charge on any atom is 0.259 e. The minimum atomic E-state index is -0.370. The number of anilines is 2. The smallest absolute Gasteiger partial charge is 0.259 e. The van der Waals surface area contributed by atoms with Gasteiger partial charge in [-0.25, -0.2) is 0 Å². The summed E-state index contributed by atoms with van der Waals surface area (Å²) >= 11 is 0. The highest BCUT2D eigenvalue weighted by molar-refractivity contribution is 6.09. The average Bonchev–Trinajstić information content (AvgIpc) is 3.14. The van der Waals surface area contributed by atoms with Crippen molar-refractivity contribution in [1.82, 2.24) is 9.80 Å². The van der Waals surface area contributed by atoms with E-state index in [1.54, 1.807) is 73.8 Å². The molecule has 0 radical (unpaired) electrons. The number of methoxy groups -OCH3 is 1. The first-order chi connectivity index (χ1) is 24.2. The predicted molar refractivity (Wildman–Crippen MR) is 195 cm³/mol. The molecule has 3 amide bonds. The maximum absolute atomic E-state index is 13.5. The van der Waals surface area contributed by atoms with E-state index in [0.717, 1.165) is 24.2 Å². The lowest BCUT2D eigenvalue weighted by Gasteiger charge is -2.33. The summed E-state index contributed by atoms with van der Waals surface area (Å²) in [5.74, 6) is 0.798. The minimum Gasteiger partial charge on any atom is -0.495 e. The zero-order valence-electron chi connectivity index (χ0n) is 29.1. The quantitative estimate of drug-likeness (QED) is 0.184. The van der Waals surface area contributed by atoms with Gasteiger partial charge in [0.1, 0.15) is 23.9 Å². The minimum absolute atomic E-state index is 0.0249. The zero-order chi connectivity index (χ0) is 35.6. The molecular weight excluding hydrogens is 634 g/mol. The molecule has 11 heteroatoms. The van der Waals surface area contributed by atoms with Crippen molar-refractivity contribution in [3.05, 3.63) is 113 Å². The van der Waals surface area contributed by atoms with Crippen LogP contribution in [0.1, 0.15) is 48.6 Å². The monoisotopic (exact) mass is 679 g/mol. The number of piperazine rings is 1. The molecule has 3 N–H and O–H groups in total. The van der Waals surface area contributed by atoms with Crippen LogP contribution >= 0.6 is 0 Å². The molecule has 0 unspecified atom stereocenters. The molecule has 0 aromatic heterocycles. The normalized spacial score (nSPS) is 13.0. The van der Waals surface area contributed by atoms with Crippen LogP contribution in [-0.4, -0.2) is 88.1 Å². The van der Waals surface area contributed by atoms with Crippen LogP contribution in [-0.2, 0) is 6.61 Å². The summed E-state index contributed by atoms with van der Waals surface area (Å²) in [5.41, 5.74) is 9.90. The fraction of sp³-hybridized carbons (Fsp3) is 0.308. The standard InChI is InChI=1S/C39H45N5O6/c1-27-10-11-29(33(24-27)39(47)44-21-19-42(2)20-22-44)26-50-31-15-13-30(14-16-31)43(3)38(46)28-12-17-34(36(25-28)48-4)41-37(45)32-8-5-6-9-35(32)49-23-7-18-40/h5-6,8-17,24-25H,7,18-23,26,40H2,1-4H3,(H,41,45). The van der Waals surface area contributed by atoms with Gasteiger partial charge in [-0.2, -0.15) is 0 Å².